The van der Waals surface area contributed by atoms with Crippen molar-refractivity contribution in [2.45, 2.75) is 25.8 Å². The molecular weight excluding hydrogens is 420 g/mol. The molecule has 1 atom stereocenters. The largest absolute Gasteiger partial charge is 0.497 e. The van der Waals surface area contributed by atoms with Crippen molar-refractivity contribution in [3.63, 3.8) is 0 Å². The number of rotatable bonds is 8. The summed E-state index contributed by atoms with van der Waals surface area (Å²) in [5.41, 5.74) is 1.63. The van der Waals surface area contributed by atoms with Gasteiger partial charge < -0.3 is 15.0 Å². The zero-order chi connectivity index (χ0) is 23.0. The Labute approximate surface area is 192 Å². The first-order valence-electron chi connectivity index (χ1n) is 11.2. The summed E-state index contributed by atoms with van der Waals surface area (Å²) in [6.07, 6.45) is 4.00. The Morgan fingerprint density at radius 3 is 2.73 bits per heavy atom. The van der Waals surface area contributed by atoms with Crippen molar-refractivity contribution in [2.24, 2.45) is 5.92 Å². The van der Waals surface area contributed by atoms with Crippen LogP contribution in [0.25, 0.3) is 11.3 Å². The average molecular weight is 449 g/mol. The van der Waals surface area contributed by atoms with Gasteiger partial charge in [0.1, 0.15) is 5.75 Å². The van der Waals surface area contributed by atoms with Crippen LogP contribution in [0, 0.1) is 5.92 Å². The minimum Gasteiger partial charge on any atom is -0.497 e. The van der Waals surface area contributed by atoms with Gasteiger partial charge in [0, 0.05) is 44.0 Å². The van der Waals surface area contributed by atoms with Crippen LogP contribution in [0.5, 0.6) is 5.75 Å². The van der Waals surface area contributed by atoms with Gasteiger partial charge in [0.25, 0.3) is 5.56 Å². The van der Waals surface area contributed by atoms with Gasteiger partial charge in [0.15, 0.2) is 5.82 Å². The molecule has 1 N–H and O–H groups in total. The van der Waals surface area contributed by atoms with Crippen molar-refractivity contribution >= 4 is 11.7 Å². The number of hydrogen-bond acceptors (Lipinski definition) is 7. The lowest BCUT2D eigenvalue weighted by Gasteiger charge is -2.32. The zero-order valence-corrected chi connectivity index (χ0v) is 18.7. The van der Waals surface area contributed by atoms with Crippen LogP contribution < -0.4 is 20.5 Å². The molecule has 0 bridgehead atoms. The Kier molecular flexibility index (Phi) is 7.29. The number of ether oxygens (including phenoxy) is 1. The fourth-order valence-corrected chi connectivity index (χ4v) is 3.95. The predicted octanol–water partition coefficient (Wildman–Crippen LogP) is 2.13. The molecule has 172 valence electrons. The number of hydrogen-bond donors (Lipinski definition) is 1. The van der Waals surface area contributed by atoms with Gasteiger partial charge in [0.05, 0.1) is 18.7 Å². The normalized spacial score (nSPS) is 15.8. The third kappa shape index (κ3) is 5.74. The number of anilines is 1. The van der Waals surface area contributed by atoms with Crippen LogP contribution >= 0.6 is 0 Å². The molecule has 4 rings (SSSR count). The highest BCUT2D eigenvalue weighted by atomic mass is 16.5. The van der Waals surface area contributed by atoms with Gasteiger partial charge in [-0.25, -0.2) is 4.68 Å². The molecule has 2 aromatic heterocycles. The molecule has 1 unspecified atom stereocenters. The molecular formula is C24H28N6O3. The third-order valence-corrected chi connectivity index (χ3v) is 5.78. The minimum absolute atomic E-state index is 0.0379. The van der Waals surface area contributed by atoms with Crippen molar-refractivity contribution in [2.75, 3.05) is 31.6 Å². The second-order valence-electron chi connectivity index (χ2n) is 8.02. The first kappa shape index (κ1) is 22.4. The Balaban J connectivity index is 1.29. The van der Waals surface area contributed by atoms with Crippen molar-refractivity contribution in [3.05, 3.63) is 65.1 Å². The van der Waals surface area contributed by atoms with Crippen LogP contribution in [0.15, 0.2) is 59.5 Å². The minimum atomic E-state index is -0.133. The van der Waals surface area contributed by atoms with E-state index in [1.54, 1.807) is 19.4 Å². The number of methoxy groups -OCH3 is 1. The maximum atomic E-state index is 12.7. The predicted molar refractivity (Wildman–Crippen MR) is 125 cm³/mol. The molecule has 9 nitrogen and oxygen atoms in total. The molecule has 1 saturated heterocycles. The van der Waals surface area contributed by atoms with E-state index in [-0.39, 0.29) is 17.4 Å². The van der Waals surface area contributed by atoms with Crippen molar-refractivity contribution in [1.82, 2.24) is 25.3 Å². The number of aryl methyl sites for hydroxylation is 1. The second kappa shape index (κ2) is 10.7. The summed E-state index contributed by atoms with van der Waals surface area (Å²) >= 11 is 0. The first-order valence-corrected chi connectivity index (χ1v) is 11.2. The Morgan fingerprint density at radius 1 is 1.15 bits per heavy atom. The summed E-state index contributed by atoms with van der Waals surface area (Å²) in [7, 11) is 1.64. The molecule has 33 heavy (non-hydrogen) atoms. The van der Waals surface area contributed by atoms with E-state index >= 15 is 0 Å². The number of aromatic nitrogens is 4. The van der Waals surface area contributed by atoms with Crippen LogP contribution in [-0.4, -0.2) is 52.6 Å². The molecule has 3 aromatic rings. The van der Waals surface area contributed by atoms with Crippen LogP contribution in [0.3, 0.4) is 0 Å². The highest BCUT2D eigenvalue weighted by Crippen LogP contribution is 2.24. The standard InChI is InChI=1S/C24H28N6O3/c1-33-20-9-7-18(8-10-20)21-11-12-22(28-27-21)29-15-3-5-19(17-29)24(32)25-13-4-16-30-23(31)6-2-14-26-30/h2,6-12,14,19H,3-5,13,15-17H2,1H3,(H,25,32). The van der Waals surface area contributed by atoms with Gasteiger partial charge in [-0.05, 0) is 61.7 Å². The van der Waals surface area contributed by atoms with Gasteiger partial charge in [-0.1, -0.05) is 0 Å². The van der Waals surface area contributed by atoms with Gasteiger partial charge >= 0.3 is 0 Å². The van der Waals surface area contributed by atoms with E-state index in [9.17, 15) is 9.59 Å². The Bertz CT molecular complexity index is 1110. The molecule has 0 aliphatic carbocycles. The number of carbonyl (C=O) groups is 1. The molecule has 1 aromatic carbocycles. The lowest BCUT2D eigenvalue weighted by atomic mass is 9.97. The topological polar surface area (TPSA) is 102 Å². The van der Waals surface area contributed by atoms with Gasteiger partial charge in [-0.3, -0.25) is 9.59 Å². The Hall–Kier alpha value is -3.75. The highest BCUT2D eigenvalue weighted by Gasteiger charge is 2.26. The number of benzene rings is 1. The van der Waals surface area contributed by atoms with E-state index in [4.69, 9.17) is 4.74 Å². The fraction of sp³-hybridized carbons (Fsp3) is 0.375. The van der Waals surface area contributed by atoms with E-state index in [0.717, 1.165) is 42.2 Å². The highest BCUT2D eigenvalue weighted by molar-refractivity contribution is 5.79. The summed E-state index contributed by atoms with van der Waals surface area (Å²) in [6.45, 7) is 2.45. The summed E-state index contributed by atoms with van der Waals surface area (Å²) in [4.78, 5) is 26.5. The van der Waals surface area contributed by atoms with Crippen molar-refractivity contribution in [3.8, 4) is 17.0 Å². The monoisotopic (exact) mass is 448 g/mol. The summed E-state index contributed by atoms with van der Waals surface area (Å²) in [5, 5.41) is 15.8. The molecule has 3 heterocycles. The maximum absolute atomic E-state index is 12.7. The van der Waals surface area contributed by atoms with E-state index in [2.05, 4.69) is 25.5 Å². The summed E-state index contributed by atoms with van der Waals surface area (Å²) < 4.78 is 6.60. The first-order chi connectivity index (χ1) is 16.1. The number of nitrogens with zero attached hydrogens (tertiary/aromatic N) is 5. The van der Waals surface area contributed by atoms with E-state index < -0.39 is 0 Å². The van der Waals surface area contributed by atoms with Crippen molar-refractivity contribution in [1.29, 1.82) is 0 Å². The van der Waals surface area contributed by atoms with Gasteiger partial charge in [-0.15, -0.1) is 10.2 Å². The lowest BCUT2D eigenvalue weighted by Crippen LogP contribution is -2.43. The van der Waals surface area contributed by atoms with E-state index in [1.807, 2.05) is 36.4 Å². The zero-order valence-electron chi connectivity index (χ0n) is 18.7. The van der Waals surface area contributed by atoms with E-state index in [0.29, 0.717) is 26.1 Å². The molecule has 0 spiro atoms. The maximum Gasteiger partial charge on any atom is 0.266 e. The molecule has 0 saturated carbocycles. The Morgan fingerprint density at radius 2 is 2.00 bits per heavy atom. The average Bonchev–Trinajstić information content (AvgIpc) is 2.88. The SMILES string of the molecule is COc1ccc(-c2ccc(N3CCCC(C(=O)NCCCn4ncccc4=O)C3)nn2)cc1. The number of piperidine rings is 1. The van der Waals surface area contributed by atoms with Crippen LogP contribution in [0.4, 0.5) is 5.82 Å². The number of amides is 1. The molecule has 9 heteroatoms. The summed E-state index contributed by atoms with van der Waals surface area (Å²) in [6, 6.07) is 14.7. The van der Waals surface area contributed by atoms with Crippen LogP contribution in [0.2, 0.25) is 0 Å². The molecule has 1 amide bonds. The van der Waals surface area contributed by atoms with Gasteiger partial charge in [0.2, 0.25) is 5.91 Å². The van der Waals surface area contributed by atoms with Crippen molar-refractivity contribution < 1.29 is 9.53 Å². The quantitative estimate of drug-likeness (QED) is 0.527. The summed E-state index contributed by atoms with van der Waals surface area (Å²) in [5.74, 6) is 1.51. The lowest BCUT2D eigenvalue weighted by molar-refractivity contribution is -0.125. The van der Waals surface area contributed by atoms with Crippen LogP contribution in [-0.2, 0) is 11.3 Å². The second-order valence-corrected chi connectivity index (χ2v) is 8.02. The smallest absolute Gasteiger partial charge is 0.266 e. The fourth-order valence-electron chi connectivity index (χ4n) is 3.95. The molecule has 1 aliphatic rings. The van der Waals surface area contributed by atoms with E-state index in [1.165, 1.54) is 10.7 Å². The van der Waals surface area contributed by atoms with Gasteiger partial charge in [-0.2, -0.15) is 5.10 Å². The molecule has 1 aliphatic heterocycles. The third-order valence-electron chi connectivity index (χ3n) is 5.78. The molecule has 1 fully saturated rings. The number of carbonyl (C=O) groups excluding carboxylic acids is 1. The molecule has 0 radical (unpaired) electrons. The number of nitrogens with one attached hydrogen (secondary N) is 1. The van der Waals surface area contributed by atoms with Crippen LogP contribution in [0.1, 0.15) is 19.3 Å².